The Kier molecular flexibility index (Phi) is 4.80. The molecule has 2 aliphatic heterocycles. The molecule has 0 N–H and O–H groups in total. The Morgan fingerprint density at radius 1 is 0.351 bits per heavy atom. The first-order valence-corrected chi connectivity index (χ1v) is 19.2. The van der Waals surface area contributed by atoms with Gasteiger partial charge < -0.3 is 17.7 Å². The minimum Gasteiger partial charge on any atom is -0.456 e. The first-order valence-electron chi connectivity index (χ1n) is 19.2. The quantitative estimate of drug-likeness (QED) is 0.146. The lowest BCUT2D eigenvalue weighted by Crippen LogP contribution is -2.57. The van der Waals surface area contributed by atoms with Crippen LogP contribution in [0.2, 0.25) is 0 Å². The summed E-state index contributed by atoms with van der Waals surface area (Å²) in [6.07, 6.45) is 0. The molecule has 13 aromatic rings. The van der Waals surface area contributed by atoms with Crippen molar-refractivity contribution in [3.8, 4) is 28.3 Å². The smallest absolute Gasteiger partial charge is 0.244 e. The molecule has 0 fully saturated rings. The molecule has 4 aromatic heterocycles. The Hall–Kier alpha value is -7.75. The van der Waals surface area contributed by atoms with Crippen molar-refractivity contribution in [1.29, 1.82) is 5.26 Å². The highest BCUT2D eigenvalue weighted by Crippen LogP contribution is 2.50. The van der Waals surface area contributed by atoms with Gasteiger partial charge in [-0.05, 0) is 93.7 Å². The van der Waals surface area contributed by atoms with Crippen molar-refractivity contribution in [2.45, 2.75) is 0 Å². The molecule has 2 aliphatic rings. The number of nitriles is 1. The van der Waals surface area contributed by atoms with Gasteiger partial charge in [0.05, 0.1) is 11.6 Å². The van der Waals surface area contributed by atoms with Crippen molar-refractivity contribution in [2.75, 3.05) is 0 Å². The van der Waals surface area contributed by atoms with E-state index in [1.165, 1.54) is 0 Å². The lowest BCUT2D eigenvalue weighted by molar-refractivity contribution is 0.668. The maximum atomic E-state index is 10.7. The minimum absolute atomic E-state index is 0.200. The zero-order valence-corrected chi connectivity index (χ0v) is 29.9. The van der Waals surface area contributed by atoms with Gasteiger partial charge in [0.15, 0.2) is 0 Å². The van der Waals surface area contributed by atoms with Crippen molar-refractivity contribution in [1.82, 2.24) is 0 Å². The molecular formula is C51H22BNO4. The normalized spacial score (nSPS) is 13.2. The van der Waals surface area contributed by atoms with Crippen LogP contribution < -0.4 is 16.4 Å². The molecule has 0 spiro atoms. The van der Waals surface area contributed by atoms with Crippen molar-refractivity contribution in [3.05, 3.63) is 139 Å². The summed E-state index contributed by atoms with van der Waals surface area (Å²) in [5.74, 6) is 0. The number of hydrogen-bond donors (Lipinski definition) is 0. The topological polar surface area (TPSA) is 76.3 Å². The van der Waals surface area contributed by atoms with Crippen LogP contribution in [0.25, 0.3) is 132 Å². The van der Waals surface area contributed by atoms with Crippen LogP contribution in [0.5, 0.6) is 0 Å². The summed E-state index contributed by atoms with van der Waals surface area (Å²) in [5.41, 5.74) is 14.9. The SMILES string of the molecule is N#Cc1cc2c3c(c1)-c1cc4oc5ccccc5c4c4c1c(cc1oc5ccccc5c14)B3c1cc3oc4ccccc4c3c3c1c-2cc1oc2ccccc2c13. The monoisotopic (exact) mass is 723 g/mol. The third-order valence-electron chi connectivity index (χ3n) is 13.0. The molecule has 6 heterocycles. The first kappa shape index (κ1) is 28.7. The summed E-state index contributed by atoms with van der Waals surface area (Å²) in [4.78, 5) is 0. The van der Waals surface area contributed by atoms with Crippen LogP contribution in [0.15, 0.2) is 151 Å². The second-order valence-electron chi connectivity index (χ2n) is 15.7. The number of hydrogen-bond acceptors (Lipinski definition) is 5. The first-order chi connectivity index (χ1) is 28.2. The Morgan fingerprint density at radius 3 is 1.07 bits per heavy atom. The highest BCUT2D eigenvalue weighted by molar-refractivity contribution is 7.02. The molecule has 9 aromatic carbocycles. The lowest BCUT2D eigenvalue weighted by atomic mass is 9.31. The van der Waals surface area contributed by atoms with Gasteiger partial charge in [0, 0.05) is 53.9 Å². The fourth-order valence-electron chi connectivity index (χ4n) is 11.0. The molecule has 0 bridgehead atoms. The molecule has 0 radical (unpaired) electrons. The fraction of sp³-hybridized carbons (Fsp3) is 0. The summed E-state index contributed by atoms with van der Waals surface area (Å²) in [6.45, 7) is -0.200. The Balaban J connectivity index is 1.24. The number of benzene rings is 9. The van der Waals surface area contributed by atoms with Crippen LogP contribution in [-0.2, 0) is 0 Å². The average Bonchev–Trinajstić information content (AvgIpc) is 4.02. The number of fused-ring (bicyclic) bond motifs is 20. The molecule has 57 heavy (non-hydrogen) atoms. The molecule has 0 amide bonds. The van der Waals surface area contributed by atoms with Gasteiger partial charge in [-0.1, -0.05) is 89.2 Å². The van der Waals surface area contributed by atoms with E-state index in [1.54, 1.807) is 0 Å². The van der Waals surface area contributed by atoms with E-state index >= 15 is 0 Å². The van der Waals surface area contributed by atoms with Crippen LogP contribution in [0.4, 0.5) is 0 Å². The summed E-state index contributed by atoms with van der Waals surface area (Å²) < 4.78 is 27.0. The van der Waals surface area contributed by atoms with Crippen molar-refractivity contribution in [2.24, 2.45) is 0 Å². The Bertz CT molecular complexity index is 3830. The fourth-order valence-corrected chi connectivity index (χ4v) is 11.0. The molecule has 6 heteroatoms. The zero-order valence-electron chi connectivity index (χ0n) is 29.9. The van der Waals surface area contributed by atoms with Crippen LogP contribution >= 0.6 is 0 Å². The third kappa shape index (κ3) is 3.25. The lowest BCUT2D eigenvalue weighted by Gasteiger charge is -2.34. The van der Waals surface area contributed by atoms with Gasteiger partial charge in [-0.15, -0.1) is 0 Å². The summed E-state index contributed by atoms with van der Waals surface area (Å²) in [5, 5.41) is 23.8. The molecule has 15 rings (SSSR count). The zero-order chi connectivity index (χ0) is 36.8. The molecular weight excluding hydrogens is 701 g/mol. The standard InChI is InChI=1S/C51H22BNO4/c53-23-24-17-31-29-19-39-45(25-9-1-5-13-35(25)54-39)49-43(29)33(21-41-47(49)27-11-3-7-15-37(27)56-41)52-34-22-42-48(28-12-4-8-16-38(28)57-42)50-44(34)30(32(18-24)51(31)52)20-40-46(50)26-10-2-6-14-36(26)55-40/h1-22H. The molecule has 0 saturated carbocycles. The van der Waals surface area contributed by atoms with Crippen LogP contribution in [0.3, 0.4) is 0 Å². The summed E-state index contributed by atoms with van der Waals surface area (Å²) in [7, 11) is 0. The Morgan fingerprint density at radius 2 is 0.702 bits per heavy atom. The molecule has 0 atom stereocenters. The van der Waals surface area contributed by atoms with E-state index in [2.05, 4.69) is 103 Å². The average molecular weight is 724 g/mol. The molecule has 0 unspecified atom stereocenters. The van der Waals surface area contributed by atoms with Crippen LogP contribution in [-0.4, -0.2) is 6.71 Å². The second-order valence-corrected chi connectivity index (χ2v) is 15.7. The maximum Gasteiger partial charge on any atom is 0.244 e. The highest BCUT2D eigenvalue weighted by Gasteiger charge is 2.42. The second kappa shape index (κ2) is 9.54. The van der Waals surface area contributed by atoms with E-state index < -0.39 is 0 Å². The molecule has 5 nitrogen and oxygen atoms in total. The van der Waals surface area contributed by atoms with Crippen molar-refractivity contribution in [3.63, 3.8) is 0 Å². The largest absolute Gasteiger partial charge is 0.456 e. The van der Waals surface area contributed by atoms with Gasteiger partial charge in [0.1, 0.15) is 44.7 Å². The van der Waals surface area contributed by atoms with Crippen molar-refractivity contribution < 1.29 is 17.7 Å². The van der Waals surface area contributed by atoms with Gasteiger partial charge in [-0.25, -0.2) is 0 Å². The van der Waals surface area contributed by atoms with E-state index in [9.17, 15) is 5.26 Å². The number of nitrogens with zero attached hydrogens (tertiary/aromatic N) is 1. The summed E-state index contributed by atoms with van der Waals surface area (Å²) >= 11 is 0. The van der Waals surface area contributed by atoms with Crippen LogP contribution in [0.1, 0.15) is 5.56 Å². The van der Waals surface area contributed by atoms with Gasteiger partial charge in [-0.3, -0.25) is 0 Å². The number of para-hydroxylation sites is 4. The van der Waals surface area contributed by atoms with Crippen molar-refractivity contribution >= 4 is 132 Å². The number of furan rings is 4. The molecule has 0 saturated heterocycles. The Labute approximate surface area is 321 Å². The minimum atomic E-state index is -0.200. The van der Waals surface area contributed by atoms with Gasteiger partial charge in [0.25, 0.3) is 0 Å². The van der Waals surface area contributed by atoms with E-state index in [1.807, 2.05) is 36.4 Å². The maximum absolute atomic E-state index is 10.7. The van der Waals surface area contributed by atoms with E-state index in [-0.39, 0.29) is 6.71 Å². The van der Waals surface area contributed by atoms with E-state index in [0.29, 0.717) is 5.56 Å². The number of rotatable bonds is 0. The van der Waals surface area contributed by atoms with E-state index in [4.69, 9.17) is 17.7 Å². The predicted molar refractivity (Wildman–Crippen MR) is 231 cm³/mol. The van der Waals surface area contributed by atoms with Gasteiger partial charge in [-0.2, -0.15) is 5.26 Å². The van der Waals surface area contributed by atoms with Gasteiger partial charge in [0.2, 0.25) is 6.71 Å². The molecule has 0 aliphatic carbocycles. The highest BCUT2D eigenvalue weighted by atomic mass is 16.3. The third-order valence-corrected chi connectivity index (χ3v) is 13.0. The van der Waals surface area contributed by atoms with Gasteiger partial charge >= 0.3 is 0 Å². The predicted octanol–water partition coefficient (Wildman–Crippen LogP) is 11.9. The van der Waals surface area contributed by atoms with Crippen LogP contribution in [0, 0.1) is 11.3 Å². The molecule has 258 valence electrons. The van der Waals surface area contributed by atoms with E-state index in [0.717, 1.165) is 148 Å². The summed E-state index contributed by atoms with van der Waals surface area (Å²) in [6, 6.07) is 48.9.